The van der Waals surface area contributed by atoms with Gasteiger partial charge in [0, 0.05) is 35.5 Å². The second-order valence-electron chi connectivity index (χ2n) is 8.28. The van der Waals surface area contributed by atoms with Crippen LogP contribution in [0.25, 0.3) is 32.2 Å². The van der Waals surface area contributed by atoms with Crippen LogP contribution in [0.4, 0.5) is 5.13 Å². The van der Waals surface area contributed by atoms with Gasteiger partial charge in [-0.2, -0.15) is 0 Å². The Morgan fingerprint density at radius 3 is 2.64 bits per heavy atom. The first-order valence-corrected chi connectivity index (χ1v) is 11.4. The summed E-state index contributed by atoms with van der Waals surface area (Å²) in [6, 6.07) is 15.2. The minimum atomic E-state index is -0.262. The minimum absolute atomic E-state index is 0.115. The molecule has 0 atom stereocenters. The summed E-state index contributed by atoms with van der Waals surface area (Å²) in [6.45, 7) is 5.86. The van der Waals surface area contributed by atoms with Crippen LogP contribution in [0, 0.1) is 20.8 Å². The summed E-state index contributed by atoms with van der Waals surface area (Å²) in [5.41, 5.74) is 6.22. The number of pyridine rings is 2. The van der Waals surface area contributed by atoms with E-state index in [0.717, 1.165) is 43.5 Å². The van der Waals surface area contributed by atoms with Gasteiger partial charge in [0.2, 0.25) is 0 Å². The number of hydrogen-bond donors (Lipinski definition) is 1. The summed E-state index contributed by atoms with van der Waals surface area (Å²) < 4.78 is 2.66. The number of rotatable bonds is 3. The molecule has 0 bridgehead atoms. The Morgan fingerprint density at radius 2 is 1.82 bits per heavy atom. The fourth-order valence-electron chi connectivity index (χ4n) is 3.97. The zero-order valence-corrected chi connectivity index (χ0v) is 19.6. The van der Waals surface area contributed by atoms with Crippen LogP contribution in [-0.2, 0) is 7.05 Å². The van der Waals surface area contributed by atoms with Gasteiger partial charge in [0.25, 0.3) is 11.5 Å². The molecule has 0 aliphatic carbocycles. The second kappa shape index (κ2) is 7.94. The highest BCUT2D eigenvalue weighted by atomic mass is 32.1. The van der Waals surface area contributed by atoms with Crippen LogP contribution in [0.2, 0.25) is 0 Å². The average molecular weight is 455 g/mol. The number of nitrogens with one attached hydrogen (secondary N) is 1. The Kier molecular flexibility index (Phi) is 5.06. The SMILES string of the molecule is Cc1ccc2nc(NC(=O)c3ccc(C)c(-c4cc5cnc(C)cc5n(C)c4=O)c3)sc2c1. The fraction of sp³-hybridized carbons (Fsp3) is 0.154. The second-order valence-corrected chi connectivity index (χ2v) is 9.31. The molecule has 3 heterocycles. The third-order valence-corrected chi connectivity index (χ3v) is 6.73. The lowest BCUT2D eigenvalue weighted by atomic mass is 9.97. The van der Waals surface area contributed by atoms with Gasteiger partial charge in [-0.3, -0.25) is 19.9 Å². The van der Waals surface area contributed by atoms with Gasteiger partial charge in [-0.25, -0.2) is 4.98 Å². The number of benzene rings is 2. The zero-order chi connectivity index (χ0) is 23.3. The van der Waals surface area contributed by atoms with Crippen LogP contribution in [0.15, 0.2) is 59.5 Å². The van der Waals surface area contributed by atoms with Crippen molar-refractivity contribution in [3.63, 3.8) is 0 Å². The van der Waals surface area contributed by atoms with E-state index >= 15 is 0 Å². The molecule has 2 aromatic carbocycles. The summed E-state index contributed by atoms with van der Waals surface area (Å²) >= 11 is 1.44. The topological polar surface area (TPSA) is 76.9 Å². The van der Waals surface area contributed by atoms with Gasteiger partial charge < -0.3 is 4.57 Å². The molecule has 0 saturated heterocycles. The van der Waals surface area contributed by atoms with Crippen molar-refractivity contribution in [3.05, 3.63) is 87.5 Å². The summed E-state index contributed by atoms with van der Waals surface area (Å²) in [6.07, 6.45) is 1.77. The first-order valence-electron chi connectivity index (χ1n) is 10.6. The van der Waals surface area contributed by atoms with E-state index in [-0.39, 0.29) is 11.5 Å². The molecular weight excluding hydrogens is 432 g/mol. The largest absolute Gasteiger partial charge is 0.311 e. The smallest absolute Gasteiger partial charge is 0.258 e. The molecule has 1 amide bonds. The molecule has 33 heavy (non-hydrogen) atoms. The highest BCUT2D eigenvalue weighted by Gasteiger charge is 2.16. The van der Waals surface area contributed by atoms with Gasteiger partial charge in [0.05, 0.1) is 15.7 Å². The third kappa shape index (κ3) is 3.81. The van der Waals surface area contributed by atoms with E-state index < -0.39 is 0 Å². The van der Waals surface area contributed by atoms with E-state index in [4.69, 9.17) is 0 Å². The predicted molar refractivity (Wildman–Crippen MR) is 134 cm³/mol. The quantitative estimate of drug-likeness (QED) is 0.397. The number of anilines is 1. The van der Waals surface area contributed by atoms with Crippen LogP contribution < -0.4 is 10.9 Å². The van der Waals surface area contributed by atoms with E-state index in [9.17, 15) is 9.59 Å². The van der Waals surface area contributed by atoms with Gasteiger partial charge in [-0.1, -0.05) is 23.5 Å². The lowest BCUT2D eigenvalue weighted by Crippen LogP contribution is -2.20. The van der Waals surface area contributed by atoms with Crippen molar-refractivity contribution in [1.29, 1.82) is 0 Å². The zero-order valence-electron chi connectivity index (χ0n) is 18.8. The normalized spacial score (nSPS) is 11.3. The van der Waals surface area contributed by atoms with E-state index in [1.807, 2.05) is 51.1 Å². The van der Waals surface area contributed by atoms with Crippen LogP contribution in [0.5, 0.6) is 0 Å². The first-order chi connectivity index (χ1) is 15.8. The number of nitrogens with zero attached hydrogens (tertiary/aromatic N) is 3. The lowest BCUT2D eigenvalue weighted by molar-refractivity contribution is 0.102. The van der Waals surface area contributed by atoms with E-state index in [0.29, 0.717) is 16.3 Å². The summed E-state index contributed by atoms with van der Waals surface area (Å²) in [5.74, 6) is -0.262. The molecule has 0 saturated carbocycles. The van der Waals surface area contributed by atoms with E-state index in [2.05, 4.69) is 21.4 Å². The highest BCUT2D eigenvalue weighted by molar-refractivity contribution is 7.22. The number of aromatic nitrogens is 3. The minimum Gasteiger partial charge on any atom is -0.311 e. The van der Waals surface area contributed by atoms with Crippen molar-refractivity contribution in [2.45, 2.75) is 20.8 Å². The van der Waals surface area contributed by atoms with Crippen molar-refractivity contribution in [2.75, 3.05) is 5.32 Å². The molecule has 1 N–H and O–H groups in total. The molecule has 164 valence electrons. The number of fused-ring (bicyclic) bond motifs is 2. The Labute approximate surface area is 194 Å². The van der Waals surface area contributed by atoms with Gasteiger partial charge in [-0.05, 0) is 73.9 Å². The maximum atomic E-state index is 13.2. The van der Waals surface area contributed by atoms with Gasteiger partial charge >= 0.3 is 0 Å². The predicted octanol–water partition coefficient (Wildman–Crippen LogP) is 5.39. The summed E-state index contributed by atoms with van der Waals surface area (Å²) in [4.78, 5) is 35.1. The van der Waals surface area contributed by atoms with E-state index in [1.54, 1.807) is 29.9 Å². The lowest BCUT2D eigenvalue weighted by Gasteiger charge is -2.12. The van der Waals surface area contributed by atoms with E-state index in [1.165, 1.54) is 11.3 Å². The average Bonchev–Trinajstić information content (AvgIpc) is 3.18. The molecule has 0 radical (unpaired) electrons. The van der Waals surface area contributed by atoms with Gasteiger partial charge in [0.1, 0.15) is 0 Å². The molecule has 6 nitrogen and oxygen atoms in total. The van der Waals surface area contributed by atoms with Gasteiger partial charge in [0.15, 0.2) is 5.13 Å². The number of carbonyl (C=O) groups is 1. The molecule has 0 fully saturated rings. The molecule has 5 rings (SSSR count). The van der Waals surface area contributed by atoms with Crippen LogP contribution >= 0.6 is 11.3 Å². The number of hydrogen-bond acceptors (Lipinski definition) is 5. The Bertz CT molecular complexity index is 1630. The van der Waals surface area contributed by atoms with Crippen LogP contribution in [-0.4, -0.2) is 20.4 Å². The van der Waals surface area contributed by atoms with Crippen molar-refractivity contribution >= 4 is 43.5 Å². The highest BCUT2D eigenvalue weighted by Crippen LogP contribution is 2.28. The van der Waals surface area contributed by atoms with Crippen molar-refractivity contribution < 1.29 is 4.79 Å². The third-order valence-electron chi connectivity index (χ3n) is 5.80. The maximum absolute atomic E-state index is 13.2. The Morgan fingerprint density at radius 1 is 1.00 bits per heavy atom. The molecule has 0 spiro atoms. The molecule has 0 aliphatic heterocycles. The maximum Gasteiger partial charge on any atom is 0.258 e. The molecule has 3 aromatic heterocycles. The summed E-state index contributed by atoms with van der Waals surface area (Å²) in [5, 5.41) is 4.32. The first kappa shape index (κ1) is 21.0. The van der Waals surface area contributed by atoms with Gasteiger partial charge in [-0.15, -0.1) is 0 Å². The number of amides is 1. The Balaban J connectivity index is 1.54. The molecule has 7 heteroatoms. The summed E-state index contributed by atoms with van der Waals surface area (Å²) in [7, 11) is 1.76. The van der Waals surface area contributed by atoms with Crippen molar-refractivity contribution in [2.24, 2.45) is 7.05 Å². The van der Waals surface area contributed by atoms with Crippen molar-refractivity contribution in [3.8, 4) is 11.1 Å². The standard InChI is InChI=1S/C26H22N4O2S/c1-14-5-8-21-23(9-14)33-26(28-21)29-24(31)17-7-6-15(2)19(11-17)20-12-18-13-27-16(3)10-22(18)30(4)25(20)32/h5-13H,1-4H3,(H,28,29,31). The Hall–Kier alpha value is -3.84. The van der Waals surface area contributed by atoms with Crippen molar-refractivity contribution in [1.82, 2.24) is 14.5 Å². The fourth-order valence-corrected chi connectivity index (χ4v) is 4.93. The monoisotopic (exact) mass is 454 g/mol. The van der Waals surface area contributed by atoms with Crippen LogP contribution in [0.3, 0.4) is 0 Å². The molecule has 0 aliphatic rings. The molecule has 5 aromatic rings. The number of carbonyl (C=O) groups excluding carboxylic acids is 1. The molecular formula is C26H22N4O2S. The number of aryl methyl sites for hydroxylation is 4. The number of thiazole rings is 1. The van der Waals surface area contributed by atoms with Crippen LogP contribution in [0.1, 0.15) is 27.2 Å². The molecule has 0 unspecified atom stereocenters.